The molecule has 42 heavy (non-hydrogen) atoms. The summed E-state index contributed by atoms with van der Waals surface area (Å²) in [6.07, 6.45) is -15.8. The maximum atomic E-state index is 13.7. The van der Waals surface area contributed by atoms with Gasteiger partial charge in [-0.25, -0.2) is 4.39 Å². The van der Waals surface area contributed by atoms with E-state index in [1.165, 1.54) is 24.0 Å². The largest absolute Gasteiger partial charge is 0.523 e. The summed E-state index contributed by atoms with van der Waals surface area (Å²) in [5, 5.41) is 0. The molecular weight excluding hydrogens is 616 g/mol. The number of halogens is 10. The Hall–Kier alpha value is -2.92. The number of carbonyl (C=O) groups is 1. The highest BCUT2D eigenvalue weighted by atomic mass is 32.2. The Balaban J connectivity index is 1.68. The second-order valence-corrected chi connectivity index (χ2v) is 11.5. The lowest BCUT2D eigenvalue weighted by molar-refractivity contribution is -0.143. The van der Waals surface area contributed by atoms with Gasteiger partial charge in [-0.15, -0.1) is 0 Å². The minimum atomic E-state index is -6.07. The van der Waals surface area contributed by atoms with E-state index in [0.29, 0.717) is 12.1 Å². The molecule has 2 unspecified atom stereocenters. The first-order valence-corrected chi connectivity index (χ1v) is 13.6. The van der Waals surface area contributed by atoms with E-state index in [-0.39, 0.29) is 18.2 Å². The van der Waals surface area contributed by atoms with Crippen molar-refractivity contribution in [3.05, 3.63) is 70.5 Å². The first-order valence-electron chi connectivity index (χ1n) is 12.2. The fraction of sp³-hybridized carbons (Fsp3) is 0.480. The molecule has 2 aliphatic rings. The number of ether oxygens (including phenoxy) is 1. The van der Waals surface area contributed by atoms with Crippen LogP contribution in [0, 0.1) is 5.82 Å². The van der Waals surface area contributed by atoms with Crippen LogP contribution in [-0.2, 0) is 36.2 Å². The van der Waals surface area contributed by atoms with Gasteiger partial charge in [0.2, 0.25) is 5.91 Å². The van der Waals surface area contributed by atoms with Gasteiger partial charge in [0.15, 0.2) is 0 Å². The van der Waals surface area contributed by atoms with E-state index < -0.39 is 99.5 Å². The van der Waals surface area contributed by atoms with Gasteiger partial charge in [-0.3, -0.25) is 8.98 Å². The summed E-state index contributed by atoms with van der Waals surface area (Å²) in [4.78, 5) is 14.0. The summed E-state index contributed by atoms with van der Waals surface area (Å²) in [7, 11) is -6.07. The van der Waals surface area contributed by atoms with Crippen LogP contribution < -0.4 is 0 Å². The molecule has 2 aromatic rings. The van der Waals surface area contributed by atoms with Crippen LogP contribution in [0.1, 0.15) is 54.0 Å². The van der Waals surface area contributed by atoms with E-state index in [1.807, 2.05) is 0 Å². The van der Waals surface area contributed by atoms with Crippen LogP contribution in [0.25, 0.3) is 0 Å². The Morgan fingerprint density at radius 2 is 1.45 bits per heavy atom. The molecule has 232 valence electrons. The van der Waals surface area contributed by atoms with Gasteiger partial charge >= 0.3 is 28.0 Å². The third-order valence-electron chi connectivity index (χ3n) is 7.08. The van der Waals surface area contributed by atoms with Crippen LogP contribution in [0.3, 0.4) is 0 Å². The molecule has 0 spiro atoms. The normalized spacial score (nSPS) is 24.5. The molecule has 2 aliphatic heterocycles. The smallest absolute Gasteiger partial charge is 0.368 e. The van der Waals surface area contributed by atoms with Crippen LogP contribution in [0.4, 0.5) is 43.9 Å². The first kappa shape index (κ1) is 32.0. The number of hydrogen-bond acceptors (Lipinski definition) is 5. The zero-order valence-corrected chi connectivity index (χ0v) is 22.0. The number of hydrogen-bond donors (Lipinski definition) is 0. The number of carbonyl (C=O) groups excluding carboxylic acids is 1. The highest BCUT2D eigenvalue weighted by molar-refractivity contribution is 7.87. The van der Waals surface area contributed by atoms with Crippen molar-refractivity contribution in [2.45, 2.75) is 67.9 Å². The van der Waals surface area contributed by atoms with Crippen molar-refractivity contribution in [3.63, 3.8) is 0 Å². The number of piperidine rings is 1. The molecule has 4 rings (SSSR count). The number of rotatable bonds is 6. The predicted octanol–water partition coefficient (Wildman–Crippen LogP) is 6.33. The van der Waals surface area contributed by atoms with Crippen molar-refractivity contribution in [2.24, 2.45) is 0 Å². The highest BCUT2D eigenvalue weighted by Gasteiger charge is 2.53. The lowest BCUT2D eigenvalue weighted by Gasteiger charge is -2.36. The molecule has 0 saturated carbocycles. The molecule has 5 atom stereocenters. The molecule has 0 aromatic heterocycles. The molecule has 2 heterocycles. The fourth-order valence-corrected chi connectivity index (χ4v) is 5.83. The summed E-state index contributed by atoms with van der Waals surface area (Å²) < 4.78 is 166. The van der Waals surface area contributed by atoms with Crippen molar-refractivity contribution in [1.29, 1.82) is 0 Å². The Morgan fingerprint density at radius 3 is 1.95 bits per heavy atom. The van der Waals surface area contributed by atoms with Gasteiger partial charge < -0.3 is 9.64 Å². The maximum absolute atomic E-state index is 13.7. The number of benzene rings is 2. The topological polar surface area (TPSA) is 72.9 Å². The van der Waals surface area contributed by atoms with Gasteiger partial charge in [-0.1, -0.05) is 12.1 Å². The van der Waals surface area contributed by atoms with E-state index in [4.69, 9.17) is 4.74 Å². The third kappa shape index (κ3) is 6.67. The van der Waals surface area contributed by atoms with E-state index in [9.17, 15) is 57.1 Å². The van der Waals surface area contributed by atoms with Crippen molar-refractivity contribution in [3.8, 4) is 0 Å². The van der Waals surface area contributed by atoms with Gasteiger partial charge in [0.1, 0.15) is 5.82 Å². The van der Waals surface area contributed by atoms with Crippen LogP contribution in [0.2, 0.25) is 0 Å². The number of alkyl halides is 9. The van der Waals surface area contributed by atoms with E-state index in [0.717, 1.165) is 12.1 Å². The molecule has 0 radical (unpaired) electrons. The van der Waals surface area contributed by atoms with Crippen molar-refractivity contribution < 1.29 is 66.0 Å². The van der Waals surface area contributed by atoms with E-state index in [2.05, 4.69) is 4.18 Å². The Labute approximate surface area is 232 Å². The quantitative estimate of drug-likeness (QED) is 0.210. The lowest BCUT2D eigenvalue weighted by atomic mass is 9.85. The molecule has 2 aromatic carbocycles. The second kappa shape index (κ2) is 11.0. The molecule has 17 heteroatoms. The Bertz CT molecular complexity index is 1390. The predicted molar refractivity (Wildman–Crippen MR) is 123 cm³/mol. The SMILES string of the molecule is C[C@@H](O[C@H]1CN2C(=O)CC(OS(=O)(=O)C(F)(F)F)CC2[C@@H]1c1ccc(F)cc1)c1cc(C(F)(F)F)cc(C(F)(F)F)c1. The average Bonchev–Trinajstić information content (AvgIpc) is 3.20. The summed E-state index contributed by atoms with van der Waals surface area (Å²) in [5.41, 5.74) is -9.15. The molecule has 0 N–H and O–H groups in total. The maximum Gasteiger partial charge on any atom is 0.523 e. The van der Waals surface area contributed by atoms with Crippen molar-refractivity contribution in [2.75, 3.05) is 6.54 Å². The molecule has 0 aliphatic carbocycles. The zero-order chi connectivity index (χ0) is 31.4. The molecule has 2 fully saturated rings. The molecule has 1 amide bonds. The second-order valence-electron chi connectivity index (χ2n) is 9.90. The third-order valence-corrected chi connectivity index (χ3v) is 8.17. The van der Waals surface area contributed by atoms with Crippen LogP contribution in [0.15, 0.2) is 42.5 Å². The number of nitrogens with zero attached hydrogens (tertiary/aromatic N) is 1. The number of amides is 1. The van der Waals surface area contributed by atoms with Gasteiger partial charge in [0.05, 0.1) is 35.9 Å². The monoisotopic (exact) mass is 637 g/mol. The van der Waals surface area contributed by atoms with Gasteiger partial charge in [-0.2, -0.15) is 47.9 Å². The van der Waals surface area contributed by atoms with Crippen LogP contribution in [0.5, 0.6) is 0 Å². The average molecular weight is 637 g/mol. The Kier molecular flexibility index (Phi) is 8.36. The fourth-order valence-electron chi connectivity index (χ4n) is 5.22. The van der Waals surface area contributed by atoms with Gasteiger partial charge in [0.25, 0.3) is 0 Å². The molecule has 0 bridgehead atoms. The van der Waals surface area contributed by atoms with Crippen LogP contribution >= 0.6 is 0 Å². The zero-order valence-electron chi connectivity index (χ0n) is 21.2. The van der Waals surface area contributed by atoms with E-state index in [1.54, 1.807) is 0 Å². The van der Waals surface area contributed by atoms with Crippen molar-refractivity contribution >= 4 is 16.0 Å². The van der Waals surface area contributed by atoms with Crippen LogP contribution in [-0.4, -0.2) is 49.5 Å². The minimum absolute atomic E-state index is 0.0544. The van der Waals surface area contributed by atoms with Gasteiger partial charge in [-0.05, 0) is 54.8 Å². The first-order chi connectivity index (χ1) is 19.2. The highest BCUT2D eigenvalue weighted by Crippen LogP contribution is 2.45. The standard InChI is InChI=1S/C25H21F10NO5S/c1-12(14-6-15(23(27,28)29)8-16(7-14)24(30,31)32)40-20-11-36-19(22(20)13-2-4-17(26)5-3-13)9-18(10-21(36)37)41-42(38,39)25(33,34)35/h2-8,12,18-20,22H,9-11H2,1H3/t12-,18?,19?,20+,22+/m1/s1. The molecular formula is C25H21F10NO5S. The lowest BCUT2D eigenvalue weighted by Crippen LogP contribution is -2.47. The summed E-state index contributed by atoms with van der Waals surface area (Å²) in [6, 6.07) is 4.41. The van der Waals surface area contributed by atoms with E-state index >= 15 is 0 Å². The summed E-state index contributed by atoms with van der Waals surface area (Å²) in [5.74, 6) is -2.50. The Morgan fingerprint density at radius 1 is 0.905 bits per heavy atom. The van der Waals surface area contributed by atoms with Gasteiger partial charge in [0, 0.05) is 18.5 Å². The molecule has 2 saturated heterocycles. The van der Waals surface area contributed by atoms with Crippen molar-refractivity contribution in [1.82, 2.24) is 4.90 Å². The summed E-state index contributed by atoms with van der Waals surface area (Å²) >= 11 is 0. The molecule has 6 nitrogen and oxygen atoms in total. The minimum Gasteiger partial charge on any atom is -0.368 e. The number of fused-ring (bicyclic) bond motifs is 1. The summed E-state index contributed by atoms with van der Waals surface area (Å²) in [6.45, 7) is 0.887.